The van der Waals surface area contributed by atoms with Gasteiger partial charge in [-0.3, -0.25) is 9.69 Å². The Balaban J connectivity index is 0.000000108. The molecule has 6 unspecified atom stereocenters. The van der Waals surface area contributed by atoms with E-state index >= 15 is 0 Å². The predicted octanol–water partition coefficient (Wildman–Crippen LogP) is 22.7. The topological polar surface area (TPSA) is 57.0 Å². The van der Waals surface area contributed by atoms with Gasteiger partial charge in [0.2, 0.25) is 0 Å². The van der Waals surface area contributed by atoms with Crippen molar-refractivity contribution >= 4 is 82.5 Å². The summed E-state index contributed by atoms with van der Waals surface area (Å²) in [6.45, 7) is 22.9. The summed E-state index contributed by atoms with van der Waals surface area (Å²) in [5, 5.41) is 8.96. The Bertz CT molecular complexity index is 6460. The maximum absolute atomic E-state index is 5.97. The van der Waals surface area contributed by atoms with Gasteiger partial charge in [0.25, 0.3) is 0 Å². The minimum atomic E-state index is 0. The van der Waals surface area contributed by atoms with Crippen molar-refractivity contribution in [3.8, 4) is 33.4 Å². The Kier molecular flexibility index (Phi) is 25.5. The van der Waals surface area contributed by atoms with E-state index in [1.54, 1.807) is 0 Å². The molecule has 10 aromatic carbocycles. The van der Waals surface area contributed by atoms with Crippen LogP contribution in [-0.4, -0.2) is 108 Å². The summed E-state index contributed by atoms with van der Waals surface area (Å²) >= 11 is 1.90. The molecule has 0 fully saturated rings. The van der Waals surface area contributed by atoms with Gasteiger partial charge in [-0.25, -0.2) is 0 Å². The normalized spacial score (nSPS) is 20.2. The van der Waals surface area contributed by atoms with Crippen LogP contribution in [0.4, 0.5) is 39.3 Å². The van der Waals surface area contributed by atoms with E-state index in [0.717, 1.165) is 17.9 Å². The smallest absolute Gasteiger partial charge is 0.0936 e. The maximum atomic E-state index is 5.97. The standard InChI is InChI=1S/C25H23N2.C21H21N2.C19H17N2.C14H14N3.C14H13N2O.C14H13N2S.6Y/c1-15-17-13-18-16-9-5-6-10-19(16)25(2,3)20(18)14-23(17)27-22-12-8-7-11-21(22)26(4)24(15)27;1-13-15-11-16-14-7-5-6-8-17(14)21(2,3)18(16)12-19(15)23-10-9-22(4)20(13)23;1-12-16-11-17-14(9-13-5-3-4-6-15(13)17)10-18(16)21-8-7-20(2)19(12)21;1-10-13-12-6-4-3-5-11(12)9-17(13)16-8-7-15(2)14(10)16;2*1-9-12-10-5-3-4-6-11(10)17-14(12)16-8-7-15(2)13(9)16;;;;;;/h5-14,24H,1-4H3;5-12,20H,1-4H3;3-8,10-11,19H,9H2,1-2H3;3-9,14H,1-2H3;2*3-8,13H,1-2H3;;;;;;/q6*-1;;;;;;. The molecule has 15 aliphatic rings. The Morgan fingerprint density at radius 3 is 1.43 bits per heavy atom. The van der Waals surface area contributed by atoms with Crippen LogP contribution in [0, 0.1) is 35.5 Å². The van der Waals surface area contributed by atoms with Crippen LogP contribution in [0.25, 0.3) is 65.2 Å². The molecule has 630 valence electrons. The number of para-hydroxylation sites is 3. The van der Waals surface area contributed by atoms with Crippen molar-refractivity contribution in [1.82, 2.24) is 29.2 Å². The van der Waals surface area contributed by atoms with Crippen molar-refractivity contribution in [2.45, 2.75) is 123 Å². The maximum Gasteiger partial charge on any atom is 0.0936 e. The number of hydrogen-bond acceptors (Lipinski definition) is 14. The Labute approximate surface area is 910 Å². The zero-order valence-electron chi connectivity index (χ0n) is 75.7. The summed E-state index contributed by atoms with van der Waals surface area (Å²) in [6.07, 6.45) is 26.9. The Morgan fingerprint density at radius 2 is 0.797 bits per heavy atom. The van der Waals surface area contributed by atoms with Gasteiger partial charge in [-0.1, -0.05) is 281 Å². The molecule has 13 aromatic rings. The molecule has 3 aromatic heterocycles. The Morgan fingerprint density at radius 1 is 0.344 bits per heavy atom. The molecule has 28 rings (SSSR count). The molecule has 15 heterocycles. The van der Waals surface area contributed by atoms with Gasteiger partial charge in [-0.2, -0.15) is 52.1 Å². The molecule has 128 heavy (non-hydrogen) atoms. The van der Waals surface area contributed by atoms with Gasteiger partial charge in [-0.05, 0) is 67.7 Å². The quantitative estimate of drug-likeness (QED) is 0.136. The van der Waals surface area contributed by atoms with E-state index in [4.69, 9.17) is 4.42 Å². The summed E-state index contributed by atoms with van der Waals surface area (Å²) in [6, 6.07) is 75.4. The fraction of sp³-hybridized carbons (Fsp3) is 0.234. The second kappa shape index (κ2) is 35.0. The monoisotopic (exact) mass is 2150 g/mol. The van der Waals surface area contributed by atoms with Crippen molar-refractivity contribution in [3.05, 3.63) is 377 Å². The van der Waals surface area contributed by atoms with E-state index in [-0.39, 0.29) is 207 Å². The van der Waals surface area contributed by atoms with Crippen LogP contribution in [0.1, 0.15) is 136 Å². The van der Waals surface area contributed by atoms with Crippen molar-refractivity contribution in [2.75, 3.05) is 76.7 Å². The molecule has 0 amide bonds. The third-order valence-corrected chi connectivity index (χ3v) is 30.3. The first-order valence-corrected chi connectivity index (χ1v) is 43.9. The van der Waals surface area contributed by atoms with Crippen molar-refractivity contribution in [2.24, 2.45) is 0 Å². The number of benzene rings is 10. The average Bonchev–Trinajstić information content (AvgIpc) is 1.52. The van der Waals surface area contributed by atoms with Crippen molar-refractivity contribution < 1.29 is 201 Å². The molecule has 6 radical (unpaired) electrons. The van der Waals surface area contributed by atoms with Crippen molar-refractivity contribution in [3.63, 3.8) is 0 Å². The van der Waals surface area contributed by atoms with Gasteiger partial charge in [-0.15, -0.1) is 76.6 Å². The first-order valence-electron chi connectivity index (χ1n) is 43.1. The van der Waals surface area contributed by atoms with E-state index < -0.39 is 0 Å². The first-order chi connectivity index (χ1) is 59.0. The van der Waals surface area contributed by atoms with Crippen LogP contribution in [0.2, 0.25) is 0 Å². The molecular formula is C107H101N13OSY6-6. The SMILES string of the molecule is C[C-]1c2c(oc3ccccc23)N2C=CN(C)C12.C[C-]1c2c(sc3ccccc23)N2C=CN(C)C12.C[C-]1c2c3ccccc3cn2N2C=CN(C)C12.C[C-]1c2cc3c(cc2N2C=CN(C)C12)C(C)(C)c1ccccc1-3.C[C-]1c2cc3c(cc2N2C=CN(C)C12)Cc1ccccc1-3.C[C-]1c2cc3c(cc2N2c4ccccc4N(C)C12)C(C)(C)c1ccccc1-3.[Y].[Y].[Y].[Y].[Y].[Y]. The largest absolute Gasteiger partial charge is 0.511 e. The van der Waals surface area contributed by atoms with Gasteiger partial charge < -0.3 is 58.3 Å². The van der Waals surface area contributed by atoms with E-state index in [0.29, 0.717) is 37.0 Å². The third-order valence-electron chi connectivity index (χ3n) is 29.1. The van der Waals surface area contributed by atoms with Crippen molar-refractivity contribution in [1.29, 1.82) is 0 Å². The zero-order valence-corrected chi connectivity index (χ0v) is 93.6. The molecule has 3 aliphatic carbocycles. The number of aromatic nitrogens is 1. The predicted molar refractivity (Wildman–Crippen MR) is 503 cm³/mol. The summed E-state index contributed by atoms with van der Waals surface area (Å²) in [4.78, 5) is 25.6. The van der Waals surface area contributed by atoms with Crippen LogP contribution < -0.4 is 34.4 Å². The number of nitrogens with zero attached hydrogens (tertiary/aromatic N) is 13. The van der Waals surface area contributed by atoms with Crippen LogP contribution in [0.5, 0.6) is 0 Å². The number of rotatable bonds is 0. The first kappa shape index (κ1) is 93.2. The minimum Gasteiger partial charge on any atom is -0.511 e. The number of anilines is 7. The summed E-state index contributed by atoms with van der Waals surface area (Å²) in [5.74, 6) is 9.55. The molecule has 0 saturated carbocycles. The summed E-state index contributed by atoms with van der Waals surface area (Å²) < 4.78 is 9.63. The molecule has 14 nitrogen and oxygen atoms in total. The van der Waals surface area contributed by atoms with Gasteiger partial charge in [0, 0.05) is 318 Å². The van der Waals surface area contributed by atoms with Crippen LogP contribution >= 0.6 is 11.3 Å². The summed E-state index contributed by atoms with van der Waals surface area (Å²) in [5.41, 5.74) is 33.2. The molecular weight excluding hydrogens is 2050 g/mol. The van der Waals surface area contributed by atoms with E-state index in [2.05, 4.69) is 437 Å². The number of hydrogen-bond donors (Lipinski definition) is 0. The number of thiophene rings is 1. The molecule has 21 heteroatoms. The van der Waals surface area contributed by atoms with Gasteiger partial charge in [0.05, 0.1) is 59.8 Å². The molecule has 12 aliphatic heterocycles. The zero-order chi connectivity index (χ0) is 83.3. The second-order valence-corrected chi connectivity index (χ2v) is 37.7. The summed E-state index contributed by atoms with van der Waals surface area (Å²) in [7, 11) is 12.9. The van der Waals surface area contributed by atoms with E-state index in [1.165, 1.54) is 195 Å². The van der Waals surface area contributed by atoms with Gasteiger partial charge in [0.1, 0.15) is 0 Å². The molecule has 0 bridgehead atoms. The van der Waals surface area contributed by atoms with Crippen LogP contribution in [-0.2, 0) is 214 Å². The average molecular weight is 2150 g/mol. The number of furan rings is 1. The molecule has 6 atom stereocenters. The number of fused-ring (bicyclic) bond motifs is 35. The van der Waals surface area contributed by atoms with Crippen LogP contribution in [0.3, 0.4) is 0 Å². The molecule has 0 saturated heterocycles. The van der Waals surface area contributed by atoms with E-state index in [1.807, 2.05) is 23.5 Å². The molecule has 0 spiro atoms. The van der Waals surface area contributed by atoms with Crippen LogP contribution in [0.15, 0.2) is 279 Å². The van der Waals surface area contributed by atoms with Gasteiger partial charge in [0.15, 0.2) is 0 Å². The van der Waals surface area contributed by atoms with E-state index in [9.17, 15) is 0 Å². The number of likely N-dealkylation sites (N-methyl/N-ethyl adjacent to an activating group) is 6. The molecule has 0 N–H and O–H groups in total. The van der Waals surface area contributed by atoms with Gasteiger partial charge >= 0.3 is 0 Å². The fourth-order valence-electron chi connectivity index (χ4n) is 23.3. The fourth-order valence-corrected chi connectivity index (χ4v) is 24.5. The Hall–Kier alpha value is -6.62. The third kappa shape index (κ3) is 13.9. The minimum absolute atomic E-state index is 0. The second-order valence-electron chi connectivity index (χ2n) is 36.6.